The second-order valence-electron chi connectivity index (χ2n) is 6.16. The number of nitrogens with two attached hydrogens (primary N) is 1. The van der Waals surface area contributed by atoms with Gasteiger partial charge >= 0.3 is 0 Å². The van der Waals surface area contributed by atoms with Gasteiger partial charge in [0, 0.05) is 6.20 Å². The van der Waals surface area contributed by atoms with Crippen LogP contribution in [0.1, 0.15) is 60.4 Å². The molecule has 1 aliphatic rings. The van der Waals surface area contributed by atoms with Crippen molar-refractivity contribution in [3.63, 3.8) is 0 Å². The first-order valence-electron chi connectivity index (χ1n) is 8.33. The lowest BCUT2D eigenvalue weighted by Crippen LogP contribution is -2.40. The van der Waals surface area contributed by atoms with Gasteiger partial charge in [0.05, 0.1) is 18.1 Å². The van der Waals surface area contributed by atoms with Gasteiger partial charge in [-0.15, -0.1) is 0 Å². The molecule has 0 bridgehead atoms. The van der Waals surface area contributed by atoms with E-state index in [0.29, 0.717) is 11.7 Å². The van der Waals surface area contributed by atoms with E-state index in [1.54, 1.807) is 6.07 Å². The Morgan fingerprint density at radius 3 is 2.78 bits per heavy atom. The molecule has 1 aliphatic carbocycles. The number of aromatic nitrogens is 2. The molecule has 3 N–H and O–H groups in total. The molecular weight excluding hydrogens is 288 g/mol. The predicted octanol–water partition coefficient (Wildman–Crippen LogP) is 2.60. The van der Waals surface area contributed by atoms with Gasteiger partial charge in [-0.05, 0) is 36.5 Å². The second-order valence-corrected chi connectivity index (χ2v) is 6.16. The maximum atomic E-state index is 12.5. The molecule has 2 atom stereocenters. The van der Waals surface area contributed by atoms with Crippen LogP contribution in [0.5, 0.6) is 0 Å². The number of carbonyl (C=O) groups is 1. The SMILES string of the molecule is CCC(CC)n1ccc(C(=O)N[C@@H]2Cc3ccccc3[C@H]2N)n1. The molecule has 0 aliphatic heterocycles. The Labute approximate surface area is 136 Å². The Bertz CT molecular complexity index is 690. The Balaban J connectivity index is 1.69. The first-order valence-corrected chi connectivity index (χ1v) is 8.33. The van der Waals surface area contributed by atoms with Crippen LogP contribution in [0.15, 0.2) is 36.5 Å². The average molecular weight is 312 g/mol. The number of nitrogens with zero attached hydrogens (tertiary/aromatic N) is 2. The van der Waals surface area contributed by atoms with Gasteiger partial charge in [0.25, 0.3) is 5.91 Å². The van der Waals surface area contributed by atoms with Crippen LogP contribution < -0.4 is 11.1 Å². The van der Waals surface area contributed by atoms with Gasteiger partial charge in [0.15, 0.2) is 0 Å². The van der Waals surface area contributed by atoms with Crippen molar-refractivity contribution in [1.29, 1.82) is 0 Å². The normalized spacial score (nSPS) is 19.8. The third-order valence-corrected chi connectivity index (χ3v) is 4.76. The fourth-order valence-corrected chi connectivity index (χ4v) is 3.33. The van der Waals surface area contributed by atoms with Crippen molar-refractivity contribution in [3.05, 3.63) is 53.3 Å². The van der Waals surface area contributed by atoms with Gasteiger partial charge in [-0.2, -0.15) is 5.10 Å². The van der Waals surface area contributed by atoms with Crippen LogP contribution in [0.4, 0.5) is 0 Å². The number of rotatable bonds is 5. The van der Waals surface area contributed by atoms with Gasteiger partial charge in [-0.1, -0.05) is 38.1 Å². The predicted molar refractivity (Wildman–Crippen MR) is 90.2 cm³/mol. The zero-order chi connectivity index (χ0) is 16.4. The van der Waals surface area contributed by atoms with Gasteiger partial charge in [0.2, 0.25) is 0 Å². The summed E-state index contributed by atoms with van der Waals surface area (Å²) in [6.07, 6.45) is 4.66. The number of carbonyl (C=O) groups excluding carboxylic acids is 1. The molecule has 5 heteroatoms. The minimum atomic E-state index is -0.156. The molecule has 23 heavy (non-hydrogen) atoms. The van der Waals surface area contributed by atoms with Crippen molar-refractivity contribution >= 4 is 5.91 Å². The van der Waals surface area contributed by atoms with Crippen LogP contribution >= 0.6 is 0 Å². The Hall–Kier alpha value is -2.14. The minimum absolute atomic E-state index is 0.0711. The number of benzene rings is 1. The summed E-state index contributed by atoms with van der Waals surface area (Å²) < 4.78 is 1.89. The summed E-state index contributed by atoms with van der Waals surface area (Å²) >= 11 is 0. The van der Waals surface area contributed by atoms with E-state index in [0.717, 1.165) is 24.8 Å². The molecule has 1 heterocycles. The van der Waals surface area contributed by atoms with Crippen molar-refractivity contribution < 1.29 is 4.79 Å². The number of amides is 1. The molecule has 5 nitrogen and oxygen atoms in total. The molecular formula is C18H24N4O. The first-order chi connectivity index (χ1) is 11.1. The number of nitrogens with one attached hydrogen (secondary N) is 1. The van der Waals surface area contributed by atoms with Crippen molar-refractivity contribution in [2.45, 2.75) is 51.2 Å². The molecule has 0 fully saturated rings. The summed E-state index contributed by atoms with van der Waals surface area (Å²) in [6, 6.07) is 10.00. The van der Waals surface area contributed by atoms with E-state index in [1.807, 2.05) is 29.1 Å². The topological polar surface area (TPSA) is 72.9 Å². The number of fused-ring (bicyclic) bond motifs is 1. The Morgan fingerprint density at radius 2 is 2.09 bits per heavy atom. The van der Waals surface area contributed by atoms with Crippen molar-refractivity contribution in [3.8, 4) is 0 Å². The summed E-state index contributed by atoms with van der Waals surface area (Å²) in [7, 11) is 0. The number of hydrogen-bond acceptors (Lipinski definition) is 3. The standard InChI is InChI=1S/C18H24N4O/c1-3-13(4-2)22-10-9-15(21-22)18(23)20-16-11-12-7-5-6-8-14(12)17(16)19/h5-10,13,16-17H,3-4,11,19H2,1-2H3,(H,20,23)/t16-,17-/m1/s1. The van der Waals surface area contributed by atoms with Crippen LogP contribution in [0.3, 0.4) is 0 Å². The monoisotopic (exact) mass is 312 g/mol. The molecule has 0 saturated carbocycles. The molecule has 3 rings (SSSR count). The third-order valence-electron chi connectivity index (χ3n) is 4.76. The van der Waals surface area contributed by atoms with Crippen LogP contribution in [0.25, 0.3) is 0 Å². The van der Waals surface area contributed by atoms with Gasteiger partial charge in [-0.3, -0.25) is 9.48 Å². The highest BCUT2D eigenvalue weighted by Crippen LogP contribution is 2.29. The van der Waals surface area contributed by atoms with Crippen molar-refractivity contribution in [1.82, 2.24) is 15.1 Å². The van der Waals surface area contributed by atoms with E-state index in [2.05, 4.69) is 30.3 Å². The van der Waals surface area contributed by atoms with Crippen molar-refractivity contribution in [2.24, 2.45) is 5.73 Å². The molecule has 0 radical (unpaired) electrons. The molecule has 0 saturated heterocycles. The van der Waals surface area contributed by atoms with E-state index in [-0.39, 0.29) is 18.0 Å². The average Bonchev–Trinajstić information content (AvgIpc) is 3.16. The largest absolute Gasteiger partial charge is 0.346 e. The summed E-state index contributed by atoms with van der Waals surface area (Å²) in [6.45, 7) is 4.26. The van der Waals surface area contributed by atoms with E-state index in [4.69, 9.17) is 5.73 Å². The zero-order valence-electron chi connectivity index (χ0n) is 13.7. The van der Waals surface area contributed by atoms with E-state index in [9.17, 15) is 4.79 Å². The van der Waals surface area contributed by atoms with Crippen LogP contribution in [0.2, 0.25) is 0 Å². The third kappa shape index (κ3) is 3.01. The number of hydrogen-bond donors (Lipinski definition) is 2. The lowest BCUT2D eigenvalue weighted by molar-refractivity contribution is 0.0927. The zero-order valence-corrected chi connectivity index (χ0v) is 13.7. The van der Waals surface area contributed by atoms with Crippen LogP contribution in [-0.2, 0) is 6.42 Å². The van der Waals surface area contributed by atoms with E-state index >= 15 is 0 Å². The van der Waals surface area contributed by atoms with Gasteiger partial charge in [0.1, 0.15) is 5.69 Å². The van der Waals surface area contributed by atoms with Crippen LogP contribution in [-0.4, -0.2) is 21.7 Å². The molecule has 0 unspecified atom stereocenters. The fraction of sp³-hybridized carbons (Fsp3) is 0.444. The molecule has 1 aromatic carbocycles. The smallest absolute Gasteiger partial charge is 0.272 e. The van der Waals surface area contributed by atoms with Gasteiger partial charge < -0.3 is 11.1 Å². The lowest BCUT2D eigenvalue weighted by atomic mass is 10.1. The highest BCUT2D eigenvalue weighted by Gasteiger charge is 2.31. The van der Waals surface area contributed by atoms with E-state index < -0.39 is 0 Å². The molecule has 0 spiro atoms. The van der Waals surface area contributed by atoms with Crippen molar-refractivity contribution in [2.75, 3.05) is 0 Å². The lowest BCUT2D eigenvalue weighted by Gasteiger charge is -2.17. The Kier molecular flexibility index (Phi) is 4.48. The molecule has 2 aromatic rings. The van der Waals surface area contributed by atoms with Gasteiger partial charge in [-0.25, -0.2) is 0 Å². The molecule has 122 valence electrons. The first kappa shape index (κ1) is 15.7. The Morgan fingerprint density at radius 1 is 1.35 bits per heavy atom. The molecule has 1 amide bonds. The highest BCUT2D eigenvalue weighted by atomic mass is 16.2. The summed E-state index contributed by atoms with van der Waals surface area (Å²) in [4.78, 5) is 12.5. The van der Waals surface area contributed by atoms with Crippen LogP contribution in [0, 0.1) is 0 Å². The van der Waals surface area contributed by atoms with E-state index in [1.165, 1.54) is 5.56 Å². The summed E-state index contributed by atoms with van der Waals surface area (Å²) in [5, 5.41) is 7.47. The maximum Gasteiger partial charge on any atom is 0.272 e. The quantitative estimate of drug-likeness (QED) is 0.891. The maximum absolute atomic E-state index is 12.5. The minimum Gasteiger partial charge on any atom is -0.346 e. The second kappa shape index (κ2) is 6.54. The summed E-state index contributed by atoms with van der Waals surface area (Å²) in [5.41, 5.74) is 9.07. The fourth-order valence-electron chi connectivity index (χ4n) is 3.33. The highest BCUT2D eigenvalue weighted by molar-refractivity contribution is 5.92. The summed E-state index contributed by atoms with van der Waals surface area (Å²) in [5.74, 6) is -0.150. The molecule has 1 aromatic heterocycles.